The van der Waals surface area contributed by atoms with Crippen molar-refractivity contribution in [3.63, 3.8) is 0 Å². The van der Waals surface area contributed by atoms with Crippen LogP contribution >= 0.6 is 0 Å². The van der Waals surface area contributed by atoms with Crippen LogP contribution in [0.5, 0.6) is 0 Å². The average molecular weight is 1010 g/mol. The van der Waals surface area contributed by atoms with E-state index >= 15 is 0 Å². The van der Waals surface area contributed by atoms with Gasteiger partial charge in [0.05, 0.1) is 42.4 Å². The number of likely N-dealkylation sites (tertiary alicyclic amines) is 3. The SMILES string of the molecule is [2H]c1nc(N(C([2H])([2H])[2H])[C@@]2([2H])CN(C(=O)C([2H])([2H])[N+]#[C-])CC[C@@]2([2H])C)c2c([2H])c(C)[nH]c2n1.[2H]c1nc(N(C([2H])([2H])[2H])[C@@]2([2H])CN(C(=O)C([2H])([2H])[N+]#[C-])CC[C@H]2C([2H])([2H])[2H])c2c([2H])c(C)[nH]c2n1.[2H]c1nc(N(C([2H])([2H])[2H])[C@@]2([2H])CN(C(=O)C([2H])([2H])[N+]#[C-])CC[C@H]2C)c2c([2H])c(C)[nH]c2n1. The number of hydrogen-bond acceptors (Lipinski definition) is 12. The molecule has 0 radical (unpaired) electrons. The number of rotatable bonds is 9. The zero-order valence-corrected chi connectivity index (χ0v) is 39.5. The molecule has 378 valence electrons. The van der Waals surface area contributed by atoms with Gasteiger partial charge in [-0.05, 0) is 75.9 Å². The van der Waals surface area contributed by atoms with E-state index < -0.39 is 157 Å². The van der Waals surface area contributed by atoms with E-state index in [1.54, 1.807) is 20.8 Å². The van der Waals surface area contributed by atoms with Gasteiger partial charge in [0.1, 0.15) is 65.6 Å². The van der Waals surface area contributed by atoms with Gasteiger partial charge in [-0.3, -0.25) is 14.4 Å². The summed E-state index contributed by atoms with van der Waals surface area (Å²) in [7, 11) is 0. The maximum atomic E-state index is 12.7. The molecule has 3 saturated heterocycles. The zero-order chi connectivity index (χ0) is 76.1. The van der Waals surface area contributed by atoms with Crippen LogP contribution in [-0.2, 0) is 14.4 Å². The molecule has 3 aliphatic heterocycles. The first kappa shape index (κ1) is 26.5. The number of anilines is 3. The van der Waals surface area contributed by atoms with E-state index in [1.165, 1.54) is 13.8 Å². The highest BCUT2D eigenvalue weighted by Crippen LogP contribution is 2.32. The highest BCUT2D eigenvalue weighted by Gasteiger charge is 2.36. The van der Waals surface area contributed by atoms with Gasteiger partial charge in [0.15, 0.2) is 0 Å². The molecule has 9 rings (SSSR count). The van der Waals surface area contributed by atoms with Crippen LogP contribution in [0, 0.1) is 58.2 Å². The Balaban J connectivity index is 0.000000211. The molecule has 0 saturated carbocycles. The molecular weight excluding hydrogens is 913 g/mol. The summed E-state index contributed by atoms with van der Waals surface area (Å²) in [6, 6.07) is -7.48. The summed E-state index contributed by atoms with van der Waals surface area (Å²) < 4.78 is 228. The van der Waals surface area contributed by atoms with Crippen LogP contribution in [0.1, 0.15) is 95.4 Å². The number of carbonyl (C=O) groups is 3. The van der Waals surface area contributed by atoms with Crippen molar-refractivity contribution in [3.8, 4) is 0 Å². The molecule has 72 heavy (non-hydrogen) atoms. The molecule has 0 bridgehead atoms. The van der Waals surface area contributed by atoms with Crippen molar-refractivity contribution < 1.29 is 52.8 Å². The summed E-state index contributed by atoms with van der Waals surface area (Å²) >= 11 is 0. The lowest BCUT2D eigenvalue weighted by molar-refractivity contribution is -0.131. The number of piperidine rings is 3. The van der Waals surface area contributed by atoms with E-state index in [4.69, 9.17) is 55.4 Å². The van der Waals surface area contributed by atoms with Crippen molar-refractivity contribution in [1.82, 2.24) is 59.6 Å². The highest BCUT2D eigenvalue weighted by atomic mass is 16.2. The molecule has 3 amide bonds. The van der Waals surface area contributed by atoms with Crippen molar-refractivity contribution in [3.05, 3.63) is 88.4 Å². The Bertz CT molecular complexity index is 4320. The van der Waals surface area contributed by atoms with Crippen molar-refractivity contribution >= 4 is 68.3 Å². The Hall–Kier alpha value is -7.86. The van der Waals surface area contributed by atoms with Crippen LogP contribution in [-0.4, -0.2) is 175 Å². The third-order valence-electron chi connectivity index (χ3n) is 11.8. The quantitative estimate of drug-likeness (QED) is 0.152. The average Bonchev–Trinajstić information content (AvgIpc) is 0.922. The van der Waals surface area contributed by atoms with Crippen LogP contribution in [0.4, 0.5) is 17.5 Å². The number of aromatic amines is 3. The number of aromatic nitrogens is 9. The molecular formula is C51H66N18O3. The fourth-order valence-electron chi connectivity index (χ4n) is 7.99. The minimum Gasteiger partial charge on any atom is -0.354 e. The van der Waals surface area contributed by atoms with Crippen molar-refractivity contribution in [2.45, 2.75) is 78.8 Å². The fourth-order valence-corrected chi connectivity index (χ4v) is 7.99. The largest absolute Gasteiger partial charge is 0.354 e. The second-order valence-electron chi connectivity index (χ2n) is 16.6. The summed E-state index contributed by atoms with van der Waals surface area (Å²) in [6.07, 6.45) is -2.13. The summed E-state index contributed by atoms with van der Waals surface area (Å²) in [5, 5.41) is -0.166. The Labute approximate surface area is 460 Å². The number of H-pyrrole nitrogens is 3. The van der Waals surface area contributed by atoms with Gasteiger partial charge < -0.3 is 58.9 Å². The van der Waals surface area contributed by atoms with E-state index in [-0.39, 0.29) is 95.2 Å². The summed E-state index contributed by atoms with van der Waals surface area (Å²) in [6.45, 7) is 5.04. The van der Waals surface area contributed by atoms with Gasteiger partial charge >= 0.3 is 17.7 Å². The van der Waals surface area contributed by atoms with E-state index in [9.17, 15) is 17.1 Å². The van der Waals surface area contributed by atoms with Crippen LogP contribution in [0.3, 0.4) is 0 Å². The smallest absolute Gasteiger partial charge is 0.302 e. The lowest BCUT2D eigenvalue weighted by Gasteiger charge is -2.41. The monoisotopic (exact) mass is 1010 g/mol. The van der Waals surface area contributed by atoms with Crippen LogP contribution < -0.4 is 14.7 Å². The van der Waals surface area contributed by atoms with Crippen molar-refractivity contribution in [1.29, 1.82) is 0 Å². The van der Waals surface area contributed by atoms with Gasteiger partial charge in [0.2, 0.25) is 0 Å². The molecule has 21 heteroatoms. The van der Waals surface area contributed by atoms with Crippen LogP contribution in [0.15, 0.2) is 37.0 Å². The van der Waals surface area contributed by atoms with E-state index in [2.05, 4.69) is 59.4 Å². The number of nitrogens with zero attached hydrogens (tertiary/aromatic N) is 15. The fraction of sp³-hybridized carbons (Fsp3) is 0.529. The van der Waals surface area contributed by atoms with Gasteiger partial charge in [0.25, 0.3) is 19.5 Å². The number of fused-ring (bicyclic) bond motifs is 3. The highest BCUT2D eigenvalue weighted by molar-refractivity contribution is 5.90. The minimum atomic E-state index is -3.23. The third kappa shape index (κ3) is 11.5. The maximum absolute atomic E-state index is 12.7. The summed E-state index contributed by atoms with van der Waals surface area (Å²) in [5.74, 6) is -9.06. The zero-order valence-electron chi connectivity index (χ0n) is 67.5. The molecule has 0 spiro atoms. The standard InChI is InChI=1S/3C17H22N6O/c3*1-11-5-6-23(15(24)8-18-3)9-14(11)22(4)17-13-7-12(2)21-16(13)19-10-20-17/h3*7,10-11,14H,5-6,8-9H2,1-2,4H3,(H,19,20,21)/t3*11-,14+/m111/s1/i4D3,7D,8D2,10D,11D,14D;1D3,4D3,7D,8D2,10D,14D;4D3,7D,8D2,10D,14D. The Morgan fingerprint density at radius 1 is 0.611 bits per heavy atom. The van der Waals surface area contributed by atoms with Crippen LogP contribution in [0.25, 0.3) is 47.6 Å². The molecule has 6 atom stereocenters. The number of hydrogen-bond donors (Lipinski definition) is 3. The van der Waals surface area contributed by atoms with E-state index in [0.717, 1.165) is 14.7 Å². The van der Waals surface area contributed by atoms with Gasteiger partial charge in [-0.1, -0.05) is 20.7 Å². The lowest BCUT2D eigenvalue weighted by atomic mass is 9.92. The maximum Gasteiger partial charge on any atom is 0.302 e. The number of likely N-dealkylation sites (N-methyl/N-ethyl adjacent to an activating group) is 3. The normalized spacial score (nSPS) is 31.9. The Morgan fingerprint density at radius 3 is 1.33 bits per heavy atom. The number of aryl methyl sites for hydroxylation is 3. The van der Waals surface area contributed by atoms with Gasteiger partial charge in [-0.15, -0.1) is 0 Å². The Morgan fingerprint density at radius 2 is 0.958 bits per heavy atom. The predicted octanol–water partition coefficient (Wildman–Crippen LogP) is 5.58. The van der Waals surface area contributed by atoms with Crippen LogP contribution in [0.2, 0.25) is 0 Å². The lowest BCUT2D eigenvalue weighted by Crippen LogP contribution is -2.53. The molecule has 0 aromatic carbocycles. The molecule has 0 unspecified atom stereocenters. The van der Waals surface area contributed by atoms with E-state index in [1.807, 2.05) is 0 Å². The van der Waals surface area contributed by atoms with Crippen molar-refractivity contribution in [2.24, 2.45) is 17.7 Å². The molecule has 9 heterocycles. The molecule has 0 aliphatic carbocycles. The first-order valence-corrected chi connectivity index (χ1v) is 21.9. The predicted molar refractivity (Wildman–Crippen MR) is 278 cm³/mol. The number of amides is 3. The van der Waals surface area contributed by atoms with Gasteiger partial charge in [-0.2, -0.15) is 0 Å². The number of carbonyl (C=O) groups excluding carboxylic acids is 3. The first-order valence-electron chi connectivity index (χ1n) is 35.9. The third-order valence-corrected chi connectivity index (χ3v) is 11.8. The van der Waals surface area contributed by atoms with Crippen molar-refractivity contribution in [2.75, 3.05) is 94.4 Å². The van der Waals surface area contributed by atoms with Gasteiger partial charge in [0, 0.05) is 95.1 Å². The van der Waals surface area contributed by atoms with Gasteiger partial charge in [-0.25, -0.2) is 49.6 Å². The first-order chi connectivity index (χ1) is 45.4. The molecule has 3 aliphatic rings. The summed E-state index contributed by atoms with van der Waals surface area (Å²) in [4.78, 5) is 81.9. The molecule has 3 fully saturated rings. The molecule has 21 nitrogen and oxygen atoms in total. The molecule has 3 N–H and O–H groups in total. The molecule has 6 aromatic heterocycles. The molecule has 6 aromatic rings. The Kier molecular flexibility index (Phi) is 8.45. The second-order valence-corrected chi connectivity index (χ2v) is 16.6. The second kappa shape index (κ2) is 22.9. The number of nitrogens with one attached hydrogen (secondary N) is 3. The topological polar surface area (TPSA) is 208 Å². The van der Waals surface area contributed by atoms with E-state index in [0.29, 0.717) is 26.1 Å². The minimum absolute atomic E-state index is 0.0186. The summed E-state index contributed by atoms with van der Waals surface area (Å²) in [5.41, 5.74) is 1.02.